The number of hydrogen-bond donors (Lipinski definition) is 2. The van der Waals surface area contributed by atoms with Crippen LogP contribution in [0, 0.1) is 20.2 Å². The number of pyridine rings is 2. The molecule has 0 aliphatic heterocycles. The first kappa shape index (κ1) is 39.4. The predicted octanol–water partition coefficient (Wildman–Crippen LogP) is 5.87. The average molecular weight is 770 g/mol. The van der Waals surface area contributed by atoms with Gasteiger partial charge in [0.05, 0.1) is 33.2 Å². The lowest BCUT2D eigenvalue weighted by Gasteiger charge is -2.09. The van der Waals surface area contributed by atoms with Crippen LogP contribution >= 0.6 is 58.2 Å². The van der Waals surface area contributed by atoms with E-state index < -0.39 is 53.7 Å². The fourth-order valence-corrected chi connectivity index (χ4v) is 5.26. The van der Waals surface area contributed by atoms with E-state index in [0.717, 1.165) is 38.6 Å². The maximum Gasteiger partial charge on any atom is 0.375 e. The van der Waals surface area contributed by atoms with E-state index in [0.29, 0.717) is 16.1 Å². The number of aromatic nitrogens is 2. The highest BCUT2D eigenvalue weighted by Crippen LogP contribution is 2.26. The molecule has 47 heavy (non-hydrogen) atoms. The van der Waals surface area contributed by atoms with Crippen LogP contribution in [0.25, 0.3) is 0 Å². The van der Waals surface area contributed by atoms with Gasteiger partial charge in [-0.25, -0.2) is 8.42 Å². The number of sulfone groups is 1. The van der Waals surface area contributed by atoms with Crippen LogP contribution in [-0.2, 0) is 22.9 Å². The van der Waals surface area contributed by atoms with E-state index in [1.807, 2.05) is 18.4 Å². The summed E-state index contributed by atoms with van der Waals surface area (Å²) in [5.41, 5.74) is -2.71. The molecule has 0 saturated heterocycles. The van der Waals surface area contributed by atoms with Crippen molar-refractivity contribution >= 4 is 79.4 Å². The van der Waals surface area contributed by atoms with E-state index >= 15 is 0 Å². The van der Waals surface area contributed by atoms with Crippen LogP contribution in [0.1, 0.15) is 11.1 Å². The average Bonchev–Trinajstić information content (AvgIpc) is 2.98. The topological polar surface area (TPSA) is 205 Å². The molecule has 0 aliphatic rings. The van der Waals surface area contributed by atoms with Gasteiger partial charge in [-0.3, -0.25) is 29.8 Å². The maximum absolute atomic E-state index is 12.0. The Morgan fingerprint density at radius 2 is 1.19 bits per heavy atom. The molecule has 0 saturated carbocycles. The Hall–Kier alpha value is -3.80. The third-order valence-electron chi connectivity index (χ3n) is 5.98. The fourth-order valence-electron chi connectivity index (χ4n) is 3.77. The molecule has 2 heterocycles. The van der Waals surface area contributed by atoms with E-state index in [4.69, 9.17) is 46.4 Å². The highest BCUT2D eigenvalue weighted by molar-refractivity contribution is 7.98. The van der Waals surface area contributed by atoms with Crippen LogP contribution in [0.5, 0.6) is 11.5 Å². The van der Waals surface area contributed by atoms with Gasteiger partial charge in [-0.15, -0.1) is 35.0 Å². The summed E-state index contributed by atoms with van der Waals surface area (Å²) in [6.45, 7) is -0.0880. The van der Waals surface area contributed by atoms with Crippen molar-refractivity contribution in [1.29, 1.82) is 0 Å². The monoisotopic (exact) mass is 768 g/mol. The highest BCUT2D eigenvalue weighted by atomic mass is 35.5. The van der Waals surface area contributed by atoms with Gasteiger partial charge in [-0.1, -0.05) is 23.2 Å². The van der Waals surface area contributed by atoms with Crippen LogP contribution in [0.15, 0.2) is 80.3 Å². The van der Waals surface area contributed by atoms with E-state index in [1.54, 1.807) is 6.07 Å². The Balaban J connectivity index is 0.000000303. The van der Waals surface area contributed by atoms with Crippen molar-refractivity contribution < 1.29 is 28.5 Å². The van der Waals surface area contributed by atoms with E-state index in [-0.39, 0.29) is 28.3 Å². The van der Waals surface area contributed by atoms with Gasteiger partial charge in [0.1, 0.15) is 0 Å². The Labute approximate surface area is 290 Å². The van der Waals surface area contributed by atoms with Crippen molar-refractivity contribution in [3.05, 3.63) is 123 Å². The lowest BCUT2D eigenvalue weighted by atomic mass is 10.2. The first-order valence-electron chi connectivity index (χ1n) is 12.5. The Morgan fingerprint density at radius 3 is 1.57 bits per heavy atom. The molecule has 4 aromatic rings. The van der Waals surface area contributed by atoms with Gasteiger partial charge in [-0.2, -0.15) is 0 Å². The van der Waals surface area contributed by atoms with Crippen molar-refractivity contribution in [3.63, 3.8) is 0 Å². The number of hydrogen-bond acceptors (Lipinski definition) is 11. The van der Waals surface area contributed by atoms with Gasteiger partial charge in [0.2, 0.25) is 11.5 Å². The van der Waals surface area contributed by atoms with Gasteiger partial charge >= 0.3 is 22.5 Å². The predicted molar refractivity (Wildman–Crippen MR) is 181 cm³/mol. The summed E-state index contributed by atoms with van der Waals surface area (Å²) >= 11 is 23.1. The molecule has 0 atom stereocenters. The molecule has 2 aromatic heterocycles. The molecule has 2 aromatic carbocycles. The summed E-state index contributed by atoms with van der Waals surface area (Å²) in [6.07, 6.45) is 5.39. The first-order valence-corrected chi connectivity index (χ1v) is 17.5. The number of nitrogens with zero attached hydrogens (tertiary/aromatic N) is 4. The van der Waals surface area contributed by atoms with Gasteiger partial charge in [-0.05, 0) is 53.8 Å². The maximum atomic E-state index is 12.0. The van der Waals surface area contributed by atoms with Gasteiger partial charge in [0, 0.05) is 45.7 Å². The minimum Gasteiger partial charge on any atom is -0.502 e. The summed E-state index contributed by atoms with van der Waals surface area (Å²) in [5.74, 6) is -1.39. The second kappa shape index (κ2) is 17.4. The Bertz CT molecular complexity index is 2020. The molecule has 4 rings (SSSR count). The first-order chi connectivity index (χ1) is 22.0. The smallest absolute Gasteiger partial charge is 0.375 e. The van der Waals surface area contributed by atoms with Crippen LogP contribution in [-0.4, -0.2) is 55.5 Å². The lowest BCUT2D eigenvalue weighted by Crippen LogP contribution is -2.22. The van der Waals surface area contributed by atoms with Crippen molar-refractivity contribution in [3.8, 4) is 11.5 Å². The van der Waals surface area contributed by atoms with Gasteiger partial charge in [0.25, 0.3) is 0 Å². The van der Waals surface area contributed by atoms with Crippen LogP contribution in [0.4, 0.5) is 11.4 Å². The quantitative estimate of drug-likeness (QED) is 0.0938. The zero-order valence-electron chi connectivity index (χ0n) is 24.2. The summed E-state index contributed by atoms with van der Waals surface area (Å²) in [5, 5.41) is 41.3. The number of rotatable bonds is 8. The normalized spacial score (nSPS) is 10.7. The third-order valence-corrected chi connectivity index (χ3v) is 8.55. The molecule has 20 heteroatoms. The van der Waals surface area contributed by atoms with Crippen LogP contribution < -0.4 is 11.1 Å². The molecule has 0 spiro atoms. The van der Waals surface area contributed by atoms with E-state index in [1.165, 1.54) is 36.2 Å². The third kappa shape index (κ3) is 10.6. The minimum atomic E-state index is -3.47. The molecule has 14 nitrogen and oxygen atoms in total. The number of nitro groups is 2. The Morgan fingerprint density at radius 1 is 0.787 bits per heavy atom. The second-order valence-corrected chi connectivity index (χ2v) is 13.6. The van der Waals surface area contributed by atoms with Gasteiger partial charge in [0.15, 0.2) is 9.84 Å². The zero-order chi connectivity index (χ0) is 35.6. The molecule has 0 bridgehead atoms. The largest absolute Gasteiger partial charge is 0.502 e. The second-order valence-electron chi connectivity index (χ2n) is 9.06. The molecular weight excluding hydrogens is 746 g/mol. The molecule has 0 radical (unpaired) electrons. The number of benzene rings is 2. The lowest BCUT2D eigenvalue weighted by molar-refractivity contribution is -0.387. The van der Waals surface area contributed by atoms with E-state index in [9.17, 15) is 48.4 Å². The standard InChI is InChI=1S/C13H11ClN2O6S.C13H11ClN2O4S.CH2Cl2/c1-23(21,22)9-2-3-10(14)8(6-9)7-15-5-4-11(17)12(13(15)18)16(19)20;1-21-9-2-3-10(14)8(6-9)7-15-5-4-11(17)12(13(15)18)16(19)20;2-1-3/h2-6,17H,7H2,1H3;2-6,17H,7H2,1H3;1H2. The van der Waals surface area contributed by atoms with Crippen molar-refractivity contribution in [2.45, 2.75) is 22.9 Å². The fraction of sp³-hybridized carbons (Fsp3) is 0.185. The molecular formula is C27H24Cl4N4O10S2. The van der Waals surface area contributed by atoms with Crippen molar-refractivity contribution in [2.75, 3.05) is 17.9 Å². The SMILES string of the molecule is CS(=O)(=O)c1ccc(Cl)c(Cn2ccc(O)c([N+](=O)[O-])c2=O)c1.CSc1ccc(Cl)c(Cn2ccc(O)c([N+](=O)[O-])c2=O)c1.ClCCl. The Kier molecular flexibility index (Phi) is 14.6. The highest BCUT2D eigenvalue weighted by Gasteiger charge is 2.22. The van der Waals surface area contributed by atoms with Crippen LogP contribution in [0.3, 0.4) is 0 Å². The molecule has 0 fully saturated rings. The summed E-state index contributed by atoms with van der Waals surface area (Å²) < 4.78 is 25.2. The van der Waals surface area contributed by atoms with E-state index in [2.05, 4.69) is 0 Å². The summed E-state index contributed by atoms with van der Waals surface area (Å²) in [6, 6.07) is 11.5. The molecule has 252 valence electrons. The van der Waals surface area contributed by atoms with Crippen LogP contribution in [0.2, 0.25) is 10.0 Å². The summed E-state index contributed by atoms with van der Waals surface area (Å²) in [4.78, 5) is 44.8. The molecule has 0 unspecified atom stereocenters. The molecule has 0 amide bonds. The number of thioether (sulfide) groups is 1. The van der Waals surface area contributed by atoms with Crippen molar-refractivity contribution in [2.24, 2.45) is 0 Å². The summed E-state index contributed by atoms with van der Waals surface area (Å²) in [7, 11) is -3.47. The molecule has 0 aliphatic carbocycles. The number of halogens is 4. The zero-order valence-corrected chi connectivity index (χ0v) is 28.8. The number of aromatic hydroxyl groups is 2. The van der Waals surface area contributed by atoms with Gasteiger partial charge < -0.3 is 19.3 Å². The minimum absolute atomic E-state index is 0.0122. The molecule has 2 N–H and O–H groups in total. The van der Waals surface area contributed by atoms with Crippen molar-refractivity contribution in [1.82, 2.24) is 9.13 Å². The number of alkyl halides is 2.